The van der Waals surface area contributed by atoms with Crippen LogP contribution < -0.4 is 0 Å². The van der Waals surface area contributed by atoms with E-state index in [-0.39, 0.29) is 0 Å². The van der Waals surface area contributed by atoms with Crippen LogP contribution in [0, 0.1) is 35.5 Å². The predicted molar refractivity (Wildman–Crippen MR) is 218 cm³/mol. The van der Waals surface area contributed by atoms with Crippen LogP contribution in [0.15, 0.2) is 42.7 Å². The van der Waals surface area contributed by atoms with Crippen molar-refractivity contribution in [3.05, 3.63) is 76.4 Å². The van der Waals surface area contributed by atoms with Gasteiger partial charge in [-0.3, -0.25) is 9.97 Å². The molecule has 0 amide bonds. The zero-order valence-corrected chi connectivity index (χ0v) is 31.4. The first-order valence-corrected chi connectivity index (χ1v) is 22.6. The van der Waals surface area contributed by atoms with E-state index in [1.807, 2.05) is 0 Å². The summed E-state index contributed by atoms with van der Waals surface area (Å²) in [5.41, 5.74) is 14.0. The van der Waals surface area contributed by atoms with Gasteiger partial charge in [0.15, 0.2) is 0 Å². The number of rotatable bonds is 0. The summed E-state index contributed by atoms with van der Waals surface area (Å²) < 4.78 is 2.71. The summed E-state index contributed by atoms with van der Waals surface area (Å²) in [4.78, 5) is 11.1. The van der Waals surface area contributed by atoms with Crippen molar-refractivity contribution in [2.24, 2.45) is 35.5 Å². The predicted octanol–water partition coefficient (Wildman–Crippen LogP) is 13.1. The Hall–Kier alpha value is -3.72. The molecule has 7 aromatic rings. The van der Waals surface area contributed by atoms with Crippen LogP contribution >= 0.6 is 0 Å². The third-order valence-electron chi connectivity index (χ3n) is 18.7. The summed E-state index contributed by atoms with van der Waals surface area (Å²) >= 11 is 0. The molecule has 268 valence electrons. The summed E-state index contributed by atoms with van der Waals surface area (Å²) in [6.45, 7) is 0. The maximum atomic E-state index is 5.56. The summed E-state index contributed by atoms with van der Waals surface area (Å²) in [6.07, 6.45) is 25.8. The average Bonchev–Trinajstić information content (AvgIpc) is 3.47. The number of pyridine rings is 2. The van der Waals surface area contributed by atoms with E-state index in [1.165, 1.54) is 146 Å². The lowest BCUT2D eigenvalue weighted by molar-refractivity contribution is 0.165. The van der Waals surface area contributed by atoms with E-state index >= 15 is 0 Å². The van der Waals surface area contributed by atoms with Gasteiger partial charge in [0.1, 0.15) is 0 Å². The Labute approximate surface area is 316 Å². The highest BCUT2D eigenvalue weighted by Gasteiger charge is 2.47. The number of hydrogen-bond donors (Lipinski definition) is 0. The molecule has 3 heteroatoms. The molecule has 0 aliphatic heterocycles. The van der Waals surface area contributed by atoms with Crippen LogP contribution in [0.5, 0.6) is 0 Å². The zero-order chi connectivity index (χ0) is 34.3. The number of hydrogen-bond acceptors (Lipinski definition) is 2. The van der Waals surface area contributed by atoms with E-state index in [0.717, 1.165) is 47.3 Å². The first-order valence-electron chi connectivity index (χ1n) is 22.6. The van der Waals surface area contributed by atoms with Gasteiger partial charge in [0.25, 0.3) is 0 Å². The summed E-state index contributed by atoms with van der Waals surface area (Å²) in [6, 6.07) is 13.2. The molecule has 12 aliphatic rings. The maximum Gasteiger partial charge on any atom is 0.0728 e. The van der Waals surface area contributed by atoms with E-state index in [1.54, 1.807) is 43.8 Å². The molecule has 6 fully saturated rings. The summed E-state index contributed by atoms with van der Waals surface area (Å²) in [7, 11) is 0. The monoisotopic (exact) mass is 703 g/mol. The molecule has 3 nitrogen and oxygen atoms in total. The van der Waals surface area contributed by atoms with Gasteiger partial charge in [-0.25, -0.2) is 0 Å². The topological polar surface area (TPSA) is 30.2 Å². The molecule has 12 bridgehead atoms. The van der Waals surface area contributed by atoms with Crippen LogP contribution in [-0.2, 0) is 0 Å². The largest absolute Gasteiger partial charge is 0.305 e. The molecule has 6 atom stereocenters. The Morgan fingerprint density at radius 2 is 0.870 bits per heavy atom. The second-order valence-corrected chi connectivity index (χ2v) is 21.4. The van der Waals surface area contributed by atoms with Gasteiger partial charge >= 0.3 is 0 Å². The van der Waals surface area contributed by atoms with Crippen LogP contribution in [-0.4, -0.2) is 14.4 Å². The number of nitrogens with zero attached hydrogens (tertiary/aromatic N) is 3. The van der Waals surface area contributed by atoms with Crippen molar-refractivity contribution in [3.8, 4) is 0 Å². The van der Waals surface area contributed by atoms with Gasteiger partial charge in [0.05, 0.1) is 28.9 Å². The van der Waals surface area contributed by atoms with E-state index in [0.29, 0.717) is 23.7 Å². The summed E-state index contributed by atoms with van der Waals surface area (Å²) in [5, 5.41) is 12.4. The van der Waals surface area contributed by atoms with Crippen molar-refractivity contribution >= 4 is 59.6 Å². The van der Waals surface area contributed by atoms with Crippen molar-refractivity contribution in [2.75, 3.05) is 0 Å². The lowest BCUT2D eigenvalue weighted by atomic mass is 9.67. The molecule has 6 unspecified atom stereocenters. The van der Waals surface area contributed by atoms with E-state index in [9.17, 15) is 0 Å². The third-order valence-corrected chi connectivity index (χ3v) is 18.7. The highest BCUT2D eigenvalue weighted by molar-refractivity contribution is 6.34. The molecule has 4 heterocycles. The lowest BCUT2D eigenvalue weighted by Gasteiger charge is -2.38. The minimum atomic E-state index is 0.647. The Balaban J connectivity index is 1.09. The molecule has 0 saturated heterocycles. The number of benzene rings is 3. The third kappa shape index (κ3) is 3.32. The Morgan fingerprint density at radius 3 is 1.48 bits per heavy atom. The van der Waals surface area contributed by atoms with Crippen LogP contribution in [0.4, 0.5) is 0 Å². The van der Waals surface area contributed by atoms with E-state index in [2.05, 4.69) is 47.1 Å². The molecule has 4 aromatic heterocycles. The van der Waals surface area contributed by atoms with E-state index < -0.39 is 0 Å². The normalized spacial score (nSPS) is 38.0. The van der Waals surface area contributed by atoms with Crippen LogP contribution in [0.25, 0.3) is 59.6 Å². The zero-order valence-electron chi connectivity index (χ0n) is 31.4. The van der Waals surface area contributed by atoms with Crippen molar-refractivity contribution < 1.29 is 0 Å². The van der Waals surface area contributed by atoms with Gasteiger partial charge in [-0.05, 0) is 205 Å². The fourth-order valence-corrected chi connectivity index (χ4v) is 17.6. The van der Waals surface area contributed by atoms with Crippen molar-refractivity contribution in [2.45, 2.75) is 132 Å². The highest BCUT2D eigenvalue weighted by atomic mass is 14.9. The van der Waals surface area contributed by atoms with Gasteiger partial charge in [-0.1, -0.05) is 24.3 Å². The second kappa shape index (κ2) is 9.45. The molecule has 6 saturated carbocycles. The molecule has 0 N–H and O–H groups in total. The van der Waals surface area contributed by atoms with Crippen molar-refractivity contribution in [1.29, 1.82) is 0 Å². The van der Waals surface area contributed by atoms with Crippen LogP contribution in [0.3, 0.4) is 0 Å². The highest BCUT2D eigenvalue weighted by Crippen LogP contribution is 2.62. The first kappa shape index (κ1) is 28.7. The summed E-state index contributed by atoms with van der Waals surface area (Å²) in [5.74, 6) is 9.60. The standard InChI is InChI=1S/C51H49N3/c1-2-36-37(43-30-10-23-5-24(11-30)9-29(8-23)35(1)43)3-4-38-39(36)20-40-46-41(21-52-49-33-16-25-6-26(17-33)13-31(12-25)44(46)49)54-42-22-53-50-34-18-27-7-28(19-34)15-32(14-27)45(50)48(42)47(38)51(40)54/h1-4,20-34H,5-19H2. The smallest absolute Gasteiger partial charge is 0.0728 e. The quantitative estimate of drug-likeness (QED) is 0.147. The molecule has 19 rings (SSSR count). The molecule has 12 aliphatic carbocycles. The Morgan fingerprint density at radius 1 is 0.389 bits per heavy atom. The number of fused-ring (bicyclic) bond motifs is 10. The van der Waals surface area contributed by atoms with Gasteiger partial charge < -0.3 is 4.40 Å². The SMILES string of the molecule is c1cc2c(ccc3c2cc2c4c5c(ncc4n4c6cnc7c(c6c3c24)C2CC3CC(CC7C3)C2)C2CC3CC(C2)CC5C3)c2c1C1CC3CC(C1)CC2C3. The van der Waals surface area contributed by atoms with Crippen LogP contribution in [0.2, 0.25) is 0 Å². The van der Waals surface area contributed by atoms with Gasteiger partial charge in [-0.15, -0.1) is 0 Å². The average molecular weight is 704 g/mol. The van der Waals surface area contributed by atoms with Crippen LogP contribution in [0.1, 0.15) is 165 Å². The second-order valence-electron chi connectivity index (χ2n) is 21.4. The van der Waals surface area contributed by atoms with Crippen molar-refractivity contribution in [3.63, 3.8) is 0 Å². The molecular weight excluding hydrogens is 655 g/mol. The minimum absolute atomic E-state index is 0.647. The molecule has 54 heavy (non-hydrogen) atoms. The Bertz CT molecular complexity index is 2830. The van der Waals surface area contributed by atoms with E-state index in [4.69, 9.17) is 9.97 Å². The minimum Gasteiger partial charge on any atom is -0.305 e. The van der Waals surface area contributed by atoms with Gasteiger partial charge in [0, 0.05) is 44.8 Å². The maximum absolute atomic E-state index is 5.56. The van der Waals surface area contributed by atoms with Gasteiger partial charge in [0.2, 0.25) is 0 Å². The van der Waals surface area contributed by atoms with Gasteiger partial charge in [-0.2, -0.15) is 0 Å². The fraction of sp³-hybridized carbons (Fsp3) is 0.529. The lowest BCUT2D eigenvalue weighted by Crippen LogP contribution is -2.25. The molecule has 0 spiro atoms. The molecule has 0 radical (unpaired) electrons. The molecule has 3 aromatic carbocycles. The Kier molecular flexibility index (Phi) is 5.01. The fourth-order valence-electron chi connectivity index (χ4n) is 17.6. The number of aromatic nitrogens is 3. The van der Waals surface area contributed by atoms with Crippen molar-refractivity contribution in [1.82, 2.24) is 14.4 Å². The first-order chi connectivity index (χ1) is 26.7. The molecular formula is C51H49N3.